The van der Waals surface area contributed by atoms with Gasteiger partial charge < -0.3 is 0 Å². The molecule has 0 radical (unpaired) electrons. The molecule has 10 heavy (non-hydrogen) atoms. The molecule has 1 N–H and O–H groups in total. The number of hydrogen-bond donors (Lipinski definition) is 1. The van der Waals surface area contributed by atoms with Crippen molar-refractivity contribution >= 4 is 15.7 Å². The van der Waals surface area contributed by atoms with Crippen LogP contribution in [-0.2, 0) is 10.0 Å². The first-order chi connectivity index (χ1) is 4.70. The number of anilines is 1. The van der Waals surface area contributed by atoms with Gasteiger partial charge in [-0.3, -0.25) is 9.71 Å². The Balaban J connectivity index is 2.75. The minimum Gasteiger partial charge on any atom is -0.278 e. The quantitative estimate of drug-likeness (QED) is 0.583. The van der Waals surface area contributed by atoms with Gasteiger partial charge in [0.1, 0.15) is 4.90 Å². The zero-order valence-corrected chi connectivity index (χ0v) is 5.72. The van der Waals surface area contributed by atoms with E-state index in [-0.39, 0.29) is 4.90 Å². The maximum absolute atomic E-state index is 10.8. The van der Waals surface area contributed by atoms with Crippen LogP contribution in [0.5, 0.6) is 0 Å². The Hall–Kier alpha value is -1.10. The van der Waals surface area contributed by atoms with Gasteiger partial charge in [0.25, 0.3) is 10.0 Å². The summed E-state index contributed by atoms with van der Waals surface area (Å²) in [6, 6.07) is 1.62. The Morgan fingerprint density at radius 3 is 2.80 bits per heavy atom. The van der Waals surface area contributed by atoms with Crippen molar-refractivity contribution in [3.05, 3.63) is 18.5 Å². The van der Waals surface area contributed by atoms with Gasteiger partial charge in [0.05, 0.1) is 5.69 Å². The summed E-state index contributed by atoms with van der Waals surface area (Å²) in [5.41, 5.74) is 0.634. The van der Waals surface area contributed by atoms with Crippen LogP contribution in [0, 0.1) is 0 Å². The molecule has 1 aromatic heterocycles. The molecule has 0 spiro atoms. The molecule has 0 fully saturated rings. The molecule has 2 heterocycles. The van der Waals surface area contributed by atoms with Crippen LogP contribution >= 0.6 is 0 Å². The van der Waals surface area contributed by atoms with E-state index in [2.05, 4.69) is 9.71 Å². The van der Waals surface area contributed by atoms with Crippen molar-refractivity contribution < 1.29 is 8.42 Å². The summed E-state index contributed by atoms with van der Waals surface area (Å²) >= 11 is 0. The van der Waals surface area contributed by atoms with E-state index in [0.29, 0.717) is 5.69 Å². The highest BCUT2D eigenvalue weighted by Crippen LogP contribution is 2.30. The summed E-state index contributed by atoms with van der Waals surface area (Å²) in [6.07, 6.45) is 2.88. The van der Waals surface area contributed by atoms with Crippen LogP contribution in [0.25, 0.3) is 0 Å². The smallest absolute Gasteiger partial charge is 0.265 e. The fourth-order valence-corrected chi connectivity index (χ4v) is 1.86. The predicted molar refractivity (Wildman–Crippen MR) is 35.0 cm³/mol. The van der Waals surface area contributed by atoms with E-state index in [1.807, 2.05) is 0 Å². The lowest BCUT2D eigenvalue weighted by atomic mass is 10.4. The molecule has 2 rings (SSSR count). The summed E-state index contributed by atoms with van der Waals surface area (Å²) in [5.74, 6) is 0. The van der Waals surface area contributed by atoms with Crippen LogP contribution in [0.2, 0.25) is 0 Å². The van der Waals surface area contributed by atoms with E-state index in [0.717, 1.165) is 0 Å². The first-order valence-corrected chi connectivity index (χ1v) is 4.15. The molecule has 52 valence electrons. The van der Waals surface area contributed by atoms with Crippen molar-refractivity contribution in [2.45, 2.75) is 4.90 Å². The van der Waals surface area contributed by atoms with Crippen molar-refractivity contribution in [1.29, 1.82) is 0 Å². The third kappa shape index (κ3) is 0.550. The Bertz CT molecular complexity index is 371. The molecular weight excluding hydrogens is 152 g/mol. The molecule has 0 bridgehead atoms. The minimum absolute atomic E-state index is 0.287. The molecule has 1 aromatic rings. The Morgan fingerprint density at radius 2 is 2.30 bits per heavy atom. The van der Waals surface area contributed by atoms with Crippen molar-refractivity contribution in [2.75, 3.05) is 4.72 Å². The highest BCUT2D eigenvalue weighted by atomic mass is 32.2. The Kier molecular flexibility index (Phi) is 0.843. The zero-order valence-electron chi connectivity index (χ0n) is 4.90. The number of hydrogen-bond acceptors (Lipinski definition) is 3. The maximum Gasteiger partial charge on any atom is 0.265 e. The molecule has 0 atom stereocenters. The molecule has 0 amide bonds. The highest BCUT2D eigenvalue weighted by molar-refractivity contribution is 7.94. The van der Waals surface area contributed by atoms with Gasteiger partial charge in [-0.1, -0.05) is 0 Å². The van der Waals surface area contributed by atoms with Crippen LogP contribution in [0.1, 0.15) is 0 Å². The van der Waals surface area contributed by atoms with Gasteiger partial charge in [-0.25, -0.2) is 8.42 Å². The summed E-state index contributed by atoms with van der Waals surface area (Å²) in [4.78, 5) is 3.96. The highest BCUT2D eigenvalue weighted by Gasteiger charge is 2.28. The number of fused-ring (bicyclic) bond motifs is 1. The second-order valence-corrected chi connectivity index (χ2v) is 3.63. The fraction of sp³-hybridized carbons (Fsp3) is 0. The lowest BCUT2D eigenvalue weighted by Gasteiger charge is -2.19. The lowest BCUT2D eigenvalue weighted by molar-refractivity contribution is 0.596. The molecule has 1 aliphatic heterocycles. The summed E-state index contributed by atoms with van der Waals surface area (Å²) in [5, 5.41) is 0. The number of sulfonamides is 1. The third-order valence-corrected chi connectivity index (χ3v) is 2.71. The normalized spacial score (nSPS) is 18.4. The summed E-state index contributed by atoms with van der Waals surface area (Å²) < 4.78 is 23.8. The van der Waals surface area contributed by atoms with Crippen molar-refractivity contribution in [3.63, 3.8) is 0 Å². The van der Waals surface area contributed by atoms with Gasteiger partial charge in [-0.05, 0) is 6.07 Å². The number of nitrogens with zero attached hydrogens (tertiary/aromatic N) is 1. The third-order valence-electron chi connectivity index (χ3n) is 1.32. The average Bonchev–Trinajstić information content (AvgIpc) is 1.86. The van der Waals surface area contributed by atoms with E-state index in [9.17, 15) is 8.42 Å². The van der Waals surface area contributed by atoms with Gasteiger partial charge in [0, 0.05) is 12.4 Å². The second kappa shape index (κ2) is 1.49. The van der Waals surface area contributed by atoms with Crippen molar-refractivity contribution in [2.24, 2.45) is 0 Å². The van der Waals surface area contributed by atoms with Gasteiger partial charge in [0.15, 0.2) is 0 Å². The zero-order chi connectivity index (χ0) is 7.19. The van der Waals surface area contributed by atoms with E-state index < -0.39 is 10.0 Å². The van der Waals surface area contributed by atoms with E-state index >= 15 is 0 Å². The number of aromatic nitrogens is 1. The molecule has 0 unspecified atom stereocenters. The molecule has 1 aliphatic rings. The van der Waals surface area contributed by atoms with Crippen molar-refractivity contribution in [1.82, 2.24) is 4.98 Å². The van der Waals surface area contributed by atoms with Gasteiger partial charge in [-0.2, -0.15) is 0 Å². The van der Waals surface area contributed by atoms with E-state index in [4.69, 9.17) is 0 Å². The van der Waals surface area contributed by atoms with Gasteiger partial charge in [0.2, 0.25) is 0 Å². The fourth-order valence-electron chi connectivity index (χ4n) is 0.832. The largest absolute Gasteiger partial charge is 0.278 e. The predicted octanol–water partition coefficient (Wildman–Crippen LogP) is 0.196. The average molecular weight is 156 g/mol. The van der Waals surface area contributed by atoms with Gasteiger partial charge >= 0.3 is 0 Å². The van der Waals surface area contributed by atoms with Gasteiger partial charge in [-0.15, -0.1) is 0 Å². The van der Waals surface area contributed by atoms with E-state index in [1.54, 1.807) is 12.3 Å². The molecular formula is C5H4N2O2S. The molecule has 0 saturated heterocycles. The summed E-state index contributed by atoms with van der Waals surface area (Å²) in [6.45, 7) is 0. The molecule has 0 saturated carbocycles. The first kappa shape index (κ1) is 5.67. The number of rotatable bonds is 0. The van der Waals surface area contributed by atoms with Crippen LogP contribution in [0.3, 0.4) is 0 Å². The monoisotopic (exact) mass is 156 g/mol. The van der Waals surface area contributed by atoms with Crippen LogP contribution in [0.15, 0.2) is 23.4 Å². The lowest BCUT2D eigenvalue weighted by Crippen LogP contribution is -2.24. The number of pyridine rings is 1. The Labute approximate surface area is 58.0 Å². The van der Waals surface area contributed by atoms with Crippen molar-refractivity contribution in [3.8, 4) is 0 Å². The molecule has 5 heteroatoms. The van der Waals surface area contributed by atoms with Crippen LogP contribution < -0.4 is 4.72 Å². The Morgan fingerprint density at radius 1 is 1.50 bits per heavy atom. The molecule has 0 aromatic carbocycles. The van der Waals surface area contributed by atoms with E-state index in [1.165, 1.54) is 6.20 Å². The van der Waals surface area contributed by atoms with Crippen LogP contribution in [0.4, 0.5) is 5.69 Å². The standard InChI is InChI=1S/C5H4N2O2S/c8-10(9)5-3-6-2-1-4(5)7-10/h1-3,7H. The summed E-state index contributed by atoms with van der Waals surface area (Å²) in [7, 11) is -3.15. The number of nitrogens with one attached hydrogen (secondary N) is 1. The van der Waals surface area contributed by atoms with Crippen LogP contribution in [-0.4, -0.2) is 13.4 Å². The SMILES string of the molecule is O=S1(=O)Nc2ccncc21. The molecule has 4 nitrogen and oxygen atoms in total. The minimum atomic E-state index is -3.15. The molecule has 0 aliphatic carbocycles. The second-order valence-electron chi connectivity index (χ2n) is 1.98. The first-order valence-electron chi connectivity index (χ1n) is 2.67. The topological polar surface area (TPSA) is 59.1 Å². The maximum atomic E-state index is 10.8.